The number of benzene rings is 1. The Morgan fingerprint density at radius 2 is 2.03 bits per heavy atom. The Morgan fingerprint density at radius 3 is 2.72 bits per heavy atom. The Kier molecular flexibility index (Phi) is 5.98. The lowest BCUT2D eigenvalue weighted by molar-refractivity contribution is -0.139. The number of ketones is 1. The zero-order valence-electron chi connectivity index (χ0n) is 17.3. The van der Waals surface area contributed by atoms with Crippen LogP contribution >= 0.6 is 0 Å². The molecular formula is C23H21FN4O4. The fraction of sp³-hybridized carbons (Fsp3) is 0.217. The van der Waals surface area contributed by atoms with Gasteiger partial charge in [0.2, 0.25) is 0 Å². The molecule has 0 aliphatic carbocycles. The largest absolute Gasteiger partial charge is 0.507 e. The molecule has 1 saturated heterocycles. The van der Waals surface area contributed by atoms with E-state index < -0.39 is 29.3 Å². The molecule has 9 heteroatoms. The van der Waals surface area contributed by atoms with Gasteiger partial charge in [0.15, 0.2) is 0 Å². The number of carbonyl (C=O) groups is 2. The van der Waals surface area contributed by atoms with Crippen LogP contribution in [0.2, 0.25) is 0 Å². The first-order valence-electron chi connectivity index (χ1n) is 9.99. The minimum atomic E-state index is -0.862. The number of methoxy groups -OCH3 is 1. The van der Waals surface area contributed by atoms with Gasteiger partial charge in [0, 0.05) is 37.9 Å². The Balaban J connectivity index is 1.76. The van der Waals surface area contributed by atoms with Gasteiger partial charge >= 0.3 is 0 Å². The fourth-order valence-corrected chi connectivity index (χ4v) is 3.85. The molecule has 0 bridgehead atoms. The maximum atomic E-state index is 13.9. The van der Waals surface area contributed by atoms with Crippen LogP contribution < -0.4 is 4.74 Å². The van der Waals surface area contributed by atoms with E-state index in [-0.39, 0.29) is 23.4 Å². The number of aliphatic hydroxyl groups is 1. The second-order valence-electron chi connectivity index (χ2n) is 7.28. The van der Waals surface area contributed by atoms with Gasteiger partial charge in [0.05, 0.1) is 30.6 Å². The molecule has 0 saturated carbocycles. The molecular weight excluding hydrogens is 415 g/mol. The van der Waals surface area contributed by atoms with Gasteiger partial charge in [-0.25, -0.2) is 9.37 Å². The van der Waals surface area contributed by atoms with E-state index in [0.29, 0.717) is 18.5 Å². The molecule has 1 atom stereocenters. The van der Waals surface area contributed by atoms with E-state index in [1.54, 1.807) is 30.9 Å². The number of imidazole rings is 1. The molecule has 0 spiro atoms. The van der Waals surface area contributed by atoms with Crippen molar-refractivity contribution in [2.24, 2.45) is 0 Å². The van der Waals surface area contributed by atoms with Crippen LogP contribution in [0.15, 0.2) is 67.0 Å². The molecule has 1 aliphatic rings. The molecule has 32 heavy (non-hydrogen) atoms. The lowest BCUT2D eigenvalue weighted by Crippen LogP contribution is -2.31. The Labute approximate surface area is 183 Å². The van der Waals surface area contributed by atoms with Crippen LogP contribution in [0.3, 0.4) is 0 Å². The van der Waals surface area contributed by atoms with E-state index in [2.05, 4.69) is 9.97 Å². The summed E-state index contributed by atoms with van der Waals surface area (Å²) in [6.07, 6.45) is 8.81. The number of rotatable bonds is 7. The van der Waals surface area contributed by atoms with Gasteiger partial charge in [0.25, 0.3) is 11.7 Å². The molecule has 1 amide bonds. The predicted octanol–water partition coefficient (Wildman–Crippen LogP) is 2.94. The van der Waals surface area contributed by atoms with E-state index in [4.69, 9.17) is 4.74 Å². The maximum absolute atomic E-state index is 13.9. The number of ether oxygens (including phenoxy) is 1. The molecule has 4 rings (SSSR count). The van der Waals surface area contributed by atoms with Crippen LogP contribution in [0, 0.1) is 5.82 Å². The van der Waals surface area contributed by atoms with Gasteiger partial charge in [-0.15, -0.1) is 0 Å². The summed E-state index contributed by atoms with van der Waals surface area (Å²) >= 11 is 0. The summed E-state index contributed by atoms with van der Waals surface area (Å²) in [6.45, 7) is 0.861. The lowest BCUT2D eigenvalue weighted by atomic mass is 9.96. The molecule has 0 unspecified atom stereocenters. The fourth-order valence-electron chi connectivity index (χ4n) is 3.85. The summed E-state index contributed by atoms with van der Waals surface area (Å²) in [4.78, 5) is 35.4. The van der Waals surface area contributed by atoms with Crippen molar-refractivity contribution in [3.63, 3.8) is 0 Å². The molecule has 8 nitrogen and oxygen atoms in total. The average molecular weight is 436 g/mol. The van der Waals surface area contributed by atoms with Crippen LogP contribution in [0.1, 0.15) is 23.6 Å². The summed E-state index contributed by atoms with van der Waals surface area (Å²) < 4.78 is 21.0. The number of hydrogen-bond donors (Lipinski definition) is 1. The number of aliphatic hydroxyl groups excluding tert-OH is 1. The van der Waals surface area contributed by atoms with Crippen molar-refractivity contribution in [3.8, 4) is 5.75 Å². The monoisotopic (exact) mass is 436 g/mol. The molecule has 3 heterocycles. The third-order valence-corrected chi connectivity index (χ3v) is 5.33. The Hall–Kier alpha value is -4.01. The van der Waals surface area contributed by atoms with Crippen LogP contribution in [0.25, 0.3) is 5.76 Å². The number of Topliss-reactive ketones (excluding diaryl/α,β-unsaturated/α-hetero) is 1. The highest BCUT2D eigenvalue weighted by molar-refractivity contribution is 6.46. The van der Waals surface area contributed by atoms with Crippen molar-refractivity contribution in [1.29, 1.82) is 0 Å². The molecule has 2 aromatic heterocycles. The second-order valence-corrected chi connectivity index (χ2v) is 7.28. The zero-order chi connectivity index (χ0) is 22.7. The quantitative estimate of drug-likeness (QED) is 0.348. The van der Waals surface area contributed by atoms with Gasteiger partial charge in [-0.2, -0.15) is 0 Å². The molecule has 1 fully saturated rings. The summed E-state index contributed by atoms with van der Waals surface area (Å²) in [7, 11) is 1.37. The third-order valence-electron chi connectivity index (χ3n) is 5.33. The summed E-state index contributed by atoms with van der Waals surface area (Å²) in [5.41, 5.74) is 0.429. The van der Waals surface area contributed by atoms with Crippen molar-refractivity contribution >= 4 is 17.4 Å². The number of amides is 1. The highest BCUT2D eigenvalue weighted by Crippen LogP contribution is 2.40. The number of hydrogen-bond acceptors (Lipinski definition) is 6. The maximum Gasteiger partial charge on any atom is 0.295 e. The van der Waals surface area contributed by atoms with E-state index in [1.807, 2.05) is 10.8 Å². The number of likely N-dealkylation sites (tertiary alicyclic amines) is 1. The first-order chi connectivity index (χ1) is 15.5. The molecule has 164 valence electrons. The Morgan fingerprint density at radius 1 is 1.19 bits per heavy atom. The summed E-state index contributed by atoms with van der Waals surface area (Å²) in [5.74, 6) is -2.50. The van der Waals surface area contributed by atoms with Crippen molar-refractivity contribution in [3.05, 3.63) is 84.0 Å². The minimum absolute atomic E-state index is 0.00203. The van der Waals surface area contributed by atoms with Crippen LogP contribution in [0.5, 0.6) is 5.75 Å². The number of halogens is 1. The standard InChI is InChI=1S/C23H21FN4O4/c1-32-18-6-5-16(24)12-17(18)21(29)19-20(15-4-2-7-25-13-15)28(23(31)22(19)30)10-3-9-27-11-8-26-14-27/h2,4-8,11-14,20,29H,3,9-10H2,1H3/b21-19+/t20-/m1/s1. The van der Waals surface area contributed by atoms with Crippen molar-refractivity contribution in [1.82, 2.24) is 19.4 Å². The normalized spacial score (nSPS) is 17.7. The number of carbonyl (C=O) groups excluding carboxylic acids is 2. The first kappa shape index (κ1) is 21.2. The summed E-state index contributed by atoms with van der Waals surface area (Å²) in [6, 6.07) is 6.15. The van der Waals surface area contributed by atoms with Gasteiger partial charge in [-0.3, -0.25) is 14.6 Å². The highest BCUT2D eigenvalue weighted by Gasteiger charge is 2.46. The zero-order valence-corrected chi connectivity index (χ0v) is 17.3. The van der Waals surface area contributed by atoms with E-state index in [0.717, 1.165) is 6.07 Å². The van der Waals surface area contributed by atoms with Crippen LogP contribution in [0.4, 0.5) is 4.39 Å². The van der Waals surface area contributed by atoms with Crippen molar-refractivity contribution < 1.29 is 23.8 Å². The third kappa shape index (κ3) is 3.96. The smallest absolute Gasteiger partial charge is 0.295 e. The Bertz CT molecular complexity index is 1160. The number of pyridine rings is 1. The van der Waals surface area contributed by atoms with Gasteiger partial charge < -0.3 is 19.3 Å². The first-order valence-corrected chi connectivity index (χ1v) is 9.99. The lowest BCUT2D eigenvalue weighted by Gasteiger charge is -2.25. The van der Waals surface area contributed by atoms with Crippen molar-refractivity contribution in [2.45, 2.75) is 19.0 Å². The van der Waals surface area contributed by atoms with Crippen molar-refractivity contribution in [2.75, 3.05) is 13.7 Å². The molecule has 3 aromatic rings. The number of nitrogens with zero attached hydrogens (tertiary/aromatic N) is 4. The number of aromatic nitrogens is 3. The minimum Gasteiger partial charge on any atom is -0.507 e. The van der Waals surface area contributed by atoms with E-state index in [1.165, 1.54) is 30.3 Å². The van der Waals surface area contributed by atoms with E-state index >= 15 is 0 Å². The molecule has 1 aromatic carbocycles. The highest BCUT2D eigenvalue weighted by atomic mass is 19.1. The molecule has 1 aliphatic heterocycles. The van der Waals surface area contributed by atoms with Gasteiger partial charge in [-0.05, 0) is 36.2 Å². The second kappa shape index (κ2) is 9.01. The summed E-state index contributed by atoms with van der Waals surface area (Å²) in [5, 5.41) is 11.1. The van der Waals surface area contributed by atoms with Crippen LogP contribution in [-0.2, 0) is 16.1 Å². The SMILES string of the molecule is COc1ccc(F)cc1/C(O)=C1\C(=O)C(=O)N(CCCn2ccnc2)[C@@H]1c1cccnc1. The molecule has 1 N–H and O–H groups in total. The number of aryl methyl sites for hydroxylation is 1. The van der Waals surface area contributed by atoms with Gasteiger partial charge in [-0.1, -0.05) is 6.07 Å². The van der Waals surface area contributed by atoms with Gasteiger partial charge in [0.1, 0.15) is 17.3 Å². The predicted molar refractivity (Wildman–Crippen MR) is 113 cm³/mol. The average Bonchev–Trinajstić information content (AvgIpc) is 3.41. The topological polar surface area (TPSA) is 97.6 Å². The molecule has 0 radical (unpaired) electrons. The van der Waals surface area contributed by atoms with Crippen LogP contribution in [-0.4, -0.2) is 49.9 Å². The van der Waals surface area contributed by atoms with E-state index in [9.17, 15) is 19.1 Å².